The van der Waals surface area contributed by atoms with Crippen molar-refractivity contribution >= 4 is 12.0 Å². The van der Waals surface area contributed by atoms with Crippen molar-refractivity contribution in [2.75, 3.05) is 5.32 Å². The molecule has 0 atom stereocenters. The average Bonchev–Trinajstić information content (AvgIpc) is 2.81. The van der Waals surface area contributed by atoms with Crippen LogP contribution in [0.1, 0.15) is 5.56 Å². The van der Waals surface area contributed by atoms with Gasteiger partial charge in [0.2, 0.25) is 5.95 Å². The molecule has 1 heterocycles. The Morgan fingerprint density at radius 2 is 2.24 bits per heavy atom. The molecule has 0 saturated carbocycles. The zero-order valence-electron chi connectivity index (χ0n) is 8.77. The Morgan fingerprint density at radius 1 is 1.41 bits per heavy atom. The van der Waals surface area contributed by atoms with Crippen molar-refractivity contribution in [2.45, 2.75) is 6.54 Å². The zero-order valence-corrected chi connectivity index (χ0v) is 8.77. The van der Waals surface area contributed by atoms with Gasteiger partial charge in [0.15, 0.2) is 0 Å². The van der Waals surface area contributed by atoms with Gasteiger partial charge in [-0.2, -0.15) is 10.1 Å². The number of carbonyl (C=O) groups is 1. The number of halogens is 1. The van der Waals surface area contributed by atoms with Crippen LogP contribution in [-0.2, 0) is 6.54 Å². The summed E-state index contributed by atoms with van der Waals surface area (Å²) >= 11 is 0. The Bertz CT molecular complexity index is 499. The Balaban J connectivity index is 1.86. The fourth-order valence-corrected chi connectivity index (χ4v) is 1.23. The zero-order chi connectivity index (χ0) is 12.1. The highest BCUT2D eigenvalue weighted by Gasteiger charge is 2.05. The minimum absolute atomic E-state index is 0.104. The molecule has 2 amide bonds. The van der Waals surface area contributed by atoms with E-state index in [0.29, 0.717) is 5.56 Å². The standard InChI is InChI=1S/C10H10FN5O/c11-8-4-2-1-3-7(8)5-12-10(17)15-9-13-6-14-16-9/h1-4,6H,5H2,(H3,12,13,14,15,16,17). The van der Waals surface area contributed by atoms with E-state index in [0.717, 1.165) is 0 Å². The monoisotopic (exact) mass is 235 g/mol. The van der Waals surface area contributed by atoms with E-state index >= 15 is 0 Å². The summed E-state index contributed by atoms with van der Waals surface area (Å²) in [6, 6.07) is 5.75. The SMILES string of the molecule is O=C(NCc1ccccc1F)Nc1ncn[nH]1. The lowest BCUT2D eigenvalue weighted by Gasteiger charge is -2.05. The third-order valence-corrected chi connectivity index (χ3v) is 2.04. The van der Waals surface area contributed by atoms with E-state index in [1.165, 1.54) is 12.4 Å². The van der Waals surface area contributed by atoms with E-state index in [-0.39, 0.29) is 18.3 Å². The topological polar surface area (TPSA) is 82.7 Å². The number of amides is 2. The number of carbonyl (C=O) groups excluding carboxylic acids is 1. The summed E-state index contributed by atoms with van der Waals surface area (Å²) < 4.78 is 13.2. The second-order valence-electron chi connectivity index (χ2n) is 3.23. The van der Waals surface area contributed by atoms with Crippen LogP contribution in [0.5, 0.6) is 0 Å². The van der Waals surface area contributed by atoms with Gasteiger partial charge in [0.1, 0.15) is 12.1 Å². The van der Waals surface area contributed by atoms with Gasteiger partial charge in [-0.3, -0.25) is 5.32 Å². The fraction of sp³-hybridized carbons (Fsp3) is 0.100. The summed E-state index contributed by atoms with van der Waals surface area (Å²) in [5.41, 5.74) is 0.417. The van der Waals surface area contributed by atoms with Crippen LogP contribution in [0.4, 0.5) is 15.1 Å². The number of urea groups is 1. The molecule has 0 spiro atoms. The van der Waals surface area contributed by atoms with Gasteiger partial charge < -0.3 is 5.32 Å². The Labute approximate surface area is 96.3 Å². The van der Waals surface area contributed by atoms with Crippen LogP contribution in [0.2, 0.25) is 0 Å². The number of nitrogens with one attached hydrogen (secondary N) is 3. The highest BCUT2D eigenvalue weighted by molar-refractivity contribution is 5.87. The minimum atomic E-state index is -0.481. The van der Waals surface area contributed by atoms with E-state index in [9.17, 15) is 9.18 Å². The van der Waals surface area contributed by atoms with E-state index in [2.05, 4.69) is 25.8 Å². The molecule has 2 rings (SSSR count). The molecule has 3 N–H and O–H groups in total. The van der Waals surface area contributed by atoms with Gasteiger partial charge in [0, 0.05) is 12.1 Å². The first-order valence-corrected chi connectivity index (χ1v) is 4.89. The summed E-state index contributed by atoms with van der Waals surface area (Å²) in [6.07, 6.45) is 1.27. The van der Waals surface area contributed by atoms with Crippen molar-refractivity contribution < 1.29 is 9.18 Å². The van der Waals surface area contributed by atoms with Gasteiger partial charge in [-0.1, -0.05) is 18.2 Å². The van der Waals surface area contributed by atoms with Crippen molar-refractivity contribution in [1.82, 2.24) is 20.5 Å². The third kappa shape index (κ3) is 3.00. The third-order valence-electron chi connectivity index (χ3n) is 2.04. The molecule has 0 aliphatic heterocycles. The lowest BCUT2D eigenvalue weighted by atomic mass is 10.2. The second kappa shape index (κ2) is 5.06. The Kier molecular flexibility index (Phi) is 3.29. The summed E-state index contributed by atoms with van der Waals surface area (Å²) in [6.45, 7) is 0.104. The molecule has 0 radical (unpaired) electrons. The molecule has 2 aromatic rings. The van der Waals surface area contributed by atoms with E-state index < -0.39 is 6.03 Å². The van der Waals surface area contributed by atoms with Crippen molar-refractivity contribution in [3.8, 4) is 0 Å². The summed E-state index contributed by atoms with van der Waals surface area (Å²) in [7, 11) is 0. The molecule has 1 aromatic carbocycles. The number of rotatable bonds is 3. The smallest absolute Gasteiger partial charge is 0.321 e. The minimum Gasteiger partial charge on any atom is -0.334 e. The summed E-state index contributed by atoms with van der Waals surface area (Å²) in [5.74, 6) is -0.122. The van der Waals surface area contributed by atoms with E-state index in [1.807, 2.05) is 0 Å². The first-order valence-electron chi connectivity index (χ1n) is 4.89. The number of nitrogens with zero attached hydrogens (tertiary/aromatic N) is 2. The molecule has 6 nitrogen and oxygen atoms in total. The van der Waals surface area contributed by atoms with Crippen LogP contribution in [0.3, 0.4) is 0 Å². The van der Waals surface area contributed by atoms with Gasteiger partial charge in [0.05, 0.1) is 0 Å². The highest BCUT2D eigenvalue weighted by atomic mass is 19.1. The maximum Gasteiger partial charge on any atom is 0.321 e. The summed E-state index contributed by atoms with van der Waals surface area (Å²) in [5, 5.41) is 10.9. The highest BCUT2D eigenvalue weighted by Crippen LogP contribution is 2.05. The normalized spacial score (nSPS) is 9.94. The molecule has 0 fully saturated rings. The number of anilines is 1. The quantitative estimate of drug-likeness (QED) is 0.749. The largest absolute Gasteiger partial charge is 0.334 e. The Morgan fingerprint density at radius 3 is 2.94 bits per heavy atom. The molecule has 0 aliphatic carbocycles. The number of hydrogen-bond donors (Lipinski definition) is 3. The fourth-order valence-electron chi connectivity index (χ4n) is 1.23. The molecule has 1 aromatic heterocycles. The number of hydrogen-bond acceptors (Lipinski definition) is 3. The van der Waals surface area contributed by atoms with Crippen molar-refractivity contribution in [3.63, 3.8) is 0 Å². The molecule has 17 heavy (non-hydrogen) atoms. The number of aromatic nitrogens is 3. The predicted molar refractivity (Wildman–Crippen MR) is 58.6 cm³/mol. The van der Waals surface area contributed by atoms with Crippen LogP contribution in [0.25, 0.3) is 0 Å². The van der Waals surface area contributed by atoms with Crippen molar-refractivity contribution in [2.24, 2.45) is 0 Å². The lowest BCUT2D eigenvalue weighted by molar-refractivity contribution is 0.251. The van der Waals surface area contributed by atoms with Gasteiger partial charge in [-0.25, -0.2) is 14.3 Å². The maximum atomic E-state index is 13.2. The van der Waals surface area contributed by atoms with Crippen LogP contribution in [-0.4, -0.2) is 21.2 Å². The molecular formula is C10H10FN5O. The molecule has 0 unspecified atom stereocenters. The van der Waals surface area contributed by atoms with Crippen LogP contribution in [0.15, 0.2) is 30.6 Å². The van der Waals surface area contributed by atoms with Crippen LogP contribution in [0, 0.1) is 5.82 Å². The molecule has 88 valence electrons. The van der Waals surface area contributed by atoms with E-state index in [4.69, 9.17) is 0 Å². The summed E-state index contributed by atoms with van der Waals surface area (Å²) in [4.78, 5) is 15.1. The van der Waals surface area contributed by atoms with Gasteiger partial charge in [-0.15, -0.1) is 0 Å². The number of benzene rings is 1. The molecule has 7 heteroatoms. The van der Waals surface area contributed by atoms with Crippen molar-refractivity contribution in [1.29, 1.82) is 0 Å². The first-order chi connectivity index (χ1) is 8.25. The average molecular weight is 235 g/mol. The van der Waals surface area contributed by atoms with E-state index in [1.54, 1.807) is 18.2 Å². The number of aromatic amines is 1. The molecular weight excluding hydrogens is 225 g/mol. The van der Waals surface area contributed by atoms with Gasteiger partial charge in [-0.05, 0) is 6.07 Å². The molecule has 0 aliphatic rings. The van der Waals surface area contributed by atoms with Crippen LogP contribution >= 0.6 is 0 Å². The number of H-pyrrole nitrogens is 1. The van der Waals surface area contributed by atoms with Gasteiger partial charge in [0.25, 0.3) is 0 Å². The maximum absolute atomic E-state index is 13.2. The van der Waals surface area contributed by atoms with Gasteiger partial charge >= 0.3 is 6.03 Å². The van der Waals surface area contributed by atoms with Crippen LogP contribution < -0.4 is 10.6 Å². The van der Waals surface area contributed by atoms with Crippen molar-refractivity contribution in [3.05, 3.63) is 42.0 Å². The Hall–Kier alpha value is -2.44. The second-order valence-corrected chi connectivity index (χ2v) is 3.23. The first kappa shape index (κ1) is 11.1. The lowest BCUT2D eigenvalue weighted by Crippen LogP contribution is -2.28. The predicted octanol–water partition coefficient (Wildman–Crippen LogP) is 1.27. The molecule has 0 bridgehead atoms. The molecule has 0 saturated heterocycles.